The predicted octanol–water partition coefficient (Wildman–Crippen LogP) is 2.89. The number of nitrogens with two attached hydrogens (primary N) is 1. The molecule has 3 atom stereocenters. The maximum Gasteiger partial charge on any atom is 0.0288 e. The summed E-state index contributed by atoms with van der Waals surface area (Å²) in [4.78, 5) is 0. The van der Waals surface area contributed by atoms with Crippen molar-refractivity contribution in [1.29, 1.82) is 0 Å². The van der Waals surface area contributed by atoms with Gasteiger partial charge in [-0.3, -0.25) is 11.3 Å². The molecule has 0 amide bonds. The number of rotatable bonds is 4. The Morgan fingerprint density at radius 3 is 2.25 bits per heavy atom. The lowest BCUT2D eigenvalue weighted by atomic mass is 9.68. The summed E-state index contributed by atoms with van der Waals surface area (Å²) < 4.78 is 0. The third-order valence-electron chi connectivity index (χ3n) is 5.09. The van der Waals surface area contributed by atoms with Gasteiger partial charge in [0.25, 0.3) is 0 Å². The Hall–Kier alpha value is -1.64. The minimum Gasteiger partial charge on any atom is -0.271 e. The van der Waals surface area contributed by atoms with E-state index in [2.05, 4.69) is 54.0 Å². The van der Waals surface area contributed by atoms with Gasteiger partial charge in [0, 0.05) is 12.0 Å². The molecule has 2 aliphatic carbocycles. The molecule has 0 aliphatic heterocycles. The minimum atomic E-state index is 0.392. The molecule has 20 heavy (non-hydrogen) atoms. The van der Waals surface area contributed by atoms with Crippen LogP contribution in [0.2, 0.25) is 0 Å². The van der Waals surface area contributed by atoms with Crippen molar-refractivity contribution in [3.05, 3.63) is 70.8 Å². The molecule has 0 heterocycles. The van der Waals surface area contributed by atoms with Gasteiger partial charge in [-0.15, -0.1) is 0 Å². The number of benzene rings is 2. The van der Waals surface area contributed by atoms with Gasteiger partial charge in [0.1, 0.15) is 0 Å². The van der Waals surface area contributed by atoms with Crippen LogP contribution in [0.15, 0.2) is 48.5 Å². The second-order valence-electron chi connectivity index (χ2n) is 6.12. The van der Waals surface area contributed by atoms with E-state index in [1.165, 1.54) is 35.1 Å². The molecule has 2 heteroatoms. The summed E-state index contributed by atoms with van der Waals surface area (Å²) in [7, 11) is 0. The molecule has 102 valence electrons. The summed E-state index contributed by atoms with van der Waals surface area (Å²) in [6, 6.07) is 17.9. The van der Waals surface area contributed by atoms with Crippen LogP contribution in [-0.2, 0) is 12.8 Å². The van der Waals surface area contributed by atoms with E-state index in [0.29, 0.717) is 17.9 Å². The summed E-state index contributed by atoms with van der Waals surface area (Å²) >= 11 is 0. The fourth-order valence-electron chi connectivity index (χ4n) is 3.88. The van der Waals surface area contributed by atoms with Gasteiger partial charge in [-0.2, -0.15) is 0 Å². The molecule has 0 fully saturated rings. The van der Waals surface area contributed by atoms with Crippen LogP contribution in [0.25, 0.3) is 0 Å². The SMILES string of the molecule is NNC(CC1Cc2ccccc21)C1Cc2ccccc21. The smallest absolute Gasteiger partial charge is 0.0288 e. The Balaban J connectivity index is 1.49. The van der Waals surface area contributed by atoms with Gasteiger partial charge in [0.15, 0.2) is 0 Å². The van der Waals surface area contributed by atoms with Crippen molar-refractivity contribution in [2.24, 2.45) is 5.84 Å². The fraction of sp³-hybridized carbons (Fsp3) is 0.333. The molecule has 0 radical (unpaired) electrons. The van der Waals surface area contributed by atoms with E-state index in [0.717, 1.165) is 6.42 Å². The number of hydrogen-bond acceptors (Lipinski definition) is 2. The van der Waals surface area contributed by atoms with E-state index >= 15 is 0 Å². The maximum atomic E-state index is 5.84. The highest BCUT2D eigenvalue weighted by Gasteiger charge is 2.36. The van der Waals surface area contributed by atoms with Crippen LogP contribution in [0, 0.1) is 0 Å². The van der Waals surface area contributed by atoms with Gasteiger partial charge in [0.05, 0.1) is 0 Å². The molecule has 2 aliphatic rings. The highest BCUT2D eigenvalue weighted by Crippen LogP contribution is 2.43. The molecular formula is C18H20N2. The van der Waals surface area contributed by atoms with Gasteiger partial charge in [0.2, 0.25) is 0 Å². The van der Waals surface area contributed by atoms with Gasteiger partial charge in [-0.25, -0.2) is 0 Å². The van der Waals surface area contributed by atoms with E-state index in [9.17, 15) is 0 Å². The number of nitrogens with one attached hydrogen (secondary N) is 1. The van der Waals surface area contributed by atoms with Crippen molar-refractivity contribution in [1.82, 2.24) is 5.43 Å². The first-order valence-electron chi connectivity index (χ1n) is 7.48. The number of hydrazine groups is 1. The predicted molar refractivity (Wildman–Crippen MR) is 81.5 cm³/mol. The maximum absolute atomic E-state index is 5.84. The van der Waals surface area contributed by atoms with Gasteiger partial charge in [-0.1, -0.05) is 48.5 Å². The second-order valence-corrected chi connectivity index (χ2v) is 6.12. The second kappa shape index (κ2) is 4.72. The molecule has 0 aromatic heterocycles. The lowest BCUT2D eigenvalue weighted by Crippen LogP contribution is -2.45. The molecule has 3 N–H and O–H groups in total. The summed E-state index contributed by atoms with van der Waals surface area (Å²) in [6.07, 6.45) is 3.52. The first-order valence-corrected chi connectivity index (χ1v) is 7.48. The number of fused-ring (bicyclic) bond motifs is 2. The minimum absolute atomic E-state index is 0.392. The molecule has 4 rings (SSSR count). The van der Waals surface area contributed by atoms with Crippen LogP contribution in [0.4, 0.5) is 0 Å². The summed E-state index contributed by atoms with van der Waals surface area (Å²) in [6.45, 7) is 0. The Morgan fingerprint density at radius 2 is 1.60 bits per heavy atom. The molecule has 0 saturated heterocycles. The zero-order valence-electron chi connectivity index (χ0n) is 11.5. The van der Waals surface area contributed by atoms with Crippen molar-refractivity contribution < 1.29 is 0 Å². The average Bonchev–Trinajstić information content (AvgIpc) is 2.44. The van der Waals surface area contributed by atoms with E-state index in [1.54, 1.807) is 0 Å². The fourth-order valence-corrected chi connectivity index (χ4v) is 3.88. The van der Waals surface area contributed by atoms with E-state index in [1.807, 2.05) is 0 Å². The highest BCUT2D eigenvalue weighted by molar-refractivity contribution is 5.43. The van der Waals surface area contributed by atoms with Crippen molar-refractivity contribution in [3.63, 3.8) is 0 Å². The normalized spacial score (nSPS) is 24.1. The molecule has 0 spiro atoms. The van der Waals surface area contributed by atoms with Crippen LogP contribution < -0.4 is 11.3 Å². The van der Waals surface area contributed by atoms with Crippen molar-refractivity contribution >= 4 is 0 Å². The third kappa shape index (κ3) is 1.80. The van der Waals surface area contributed by atoms with Crippen LogP contribution >= 0.6 is 0 Å². The van der Waals surface area contributed by atoms with Crippen molar-refractivity contribution in [2.45, 2.75) is 37.1 Å². The van der Waals surface area contributed by atoms with Crippen LogP contribution in [0.3, 0.4) is 0 Å². The van der Waals surface area contributed by atoms with Gasteiger partial charge in [-0.05, 0) is 47.4 Å². The standard InChI is InChI=1S/C18H20N2/c19-20-18(17-10-13-6-2-4-8-16(13)17)11-14-9-12-5-1-3-7-15(12)14/h1-8,14,17-18,20H,9-11,19H2. The molecule has 2 nitrogen and oxygen atoms in total. The molecule has 2 aromatic rings. The van der Waals surface area contributed by atoms with Crippen LogP contribution in [0.5, 0.6) is 0 Å². The molecule has 0 bridgehead atoms. The van der Waals surface area contributed by atoms with E-state index < -0.39 is 0 Å². The van der Waals surface area contributed by atoms with Crippen molar-refractivity contribution in [2.75, 3.05) is 0 Å². The topological polar surface area (TPSA) is 38.0 Å². The van der Waals surface area contributed by atoms with Crippen LogP contribution in [-0.4, -0.2) is 6.04 Å². The van der Waals surface area contributed by atoms with Crippen LogP contribution in [0.1, 0.15) is 40.5 Å². The van der Waals surface area contributed by atoms with E-state index in [4.69, 9.17) is 5.84 Å². The molecule has 0 saturated carbocycles. The largest absolute Gasteiger partial charge is 0.271 e. The van der Waals surface area contributed by atoms with Gasteiger partial charge < -0.3 is 0 Å². The first-order chi connectivity index (χ1) is 9.86. The monoisotopic (exact) mass is 264 g/mol. The summed E-state index contributed by atoms with van der Waals surface area (Å²) in [5, 5.41) is 0. The van der Waals surface area contributed by atoms with E-state index in [-0.39, 0.29) is 0 Å². The Bertz CT molecular complexity index is 635. The summed E-state index contributed by atoms with van der Waals surface area (Å²) in [5.41, 5.74) is 9.10. The quantitative estimate of drug-likeness (QED) is 0.658. The Morgan fingerprint density at radius 1 is 0.950 bits per heavy atom. The lowest BCUT2D eigenvalue weighted by Gasteiger charge is -2.40. The molecular weight excluding hydrogens is 244 g/mol. The summed E-state index contributed by atoms with van der Waals surface area (Å²) in [5.74, 6) is 7.10. The lowest BCUT2D eigenvalue weighted by molar-refractivity contribution is 0.348. The zero-order valence-corrected chi connectivity index (χ0v) is 11.5. The van der Waals surface area contributed by atoms with Crippen molar-refractivity contribution in [3.8, 4) is 0 Å². The molecule has 2 aromatic carbocycles. The first kappa shape index (κ1) is 12.1. The zero-order chi connectivity index (χ0) is 13.5. The number of hydrogen-bond donors (Lipinski definition) is 2. The average molecular weight is 264 g/mol. The van der Waals surface area contributed by atoms with Gasteiger partial charge >= 0.3 is 0 Å². The Kier molecular flexibility index (Phi) is 2.86. The Labute approximate surface area is 120 Å². The third-order valence-corrected chi connectivity index (χ3v) is 5.09. The highest BCUT2D eigenvalue weighted by atomic mass is 15.2. The molecule has 3 unspecified atom stereocenters.